The van der Waals surface area contributed by atoms with E-state index in [2.05, 4.69) is 20.8 Å². The predicted molar refractivity (Wildman–Crippen MR) is 141 cm³/mol. The van der Waals surface area contributed by atoms with Crippen LogP contribution in [0, 0.1) is 0 Å². The van der Waals surface area contributed by atoms with Crippen molar-refractivity contribution in [3.63, 3.8) is 0 Å². The van der Waals surface area contributed by atoms with Crippen molar-refractivity contribution in [2.75, 3.05) is 19.0 Å². The number of carbonyl (C=O) groups is 3. The van der Waals surface area contributed by atoms with Crippen molar-refractivity contribution in [3.8, 4) is 5.75 Å². The highest BCUT2D eigenvalue weighted by Gasteiger charge is 2.29. The van der Waals surface area contributed by atoms with Crippen molar-refractivity contribution >= 4 is 45.6 Å². The fraction of sp³-hybridized carbons (Fsp3) is 0.308. The molecule has 192 valence electrons. The second kappa shape index (κ2) is 10.1. The Morgan fingerprint density at radius 2 is 2.05 bits per heavy atom. The third kappa shape index (κ3) is 4.94. The van der Waals surface area contributed by atoms with E-state index in [1.807, 2.05) is 24.6 Å². The van der Waals surface area contributed by atoms with E-state index in [-0.39, 0.29) is 17.7 Å². The molecule has 1 aliphatic rings. The van der Waals surface area contributed by atoms with Gasteiger partial charge in [0.15, 0.2) is 5.75 Å². The average molecular weight is 521 g/mol. The molecular weight excluding hydrogens is 492 g/mol. The van der Waals surface area contributed by atoms with Crippen molar-refractivity contribution in [2.45, 2.75) is 32.4 Å². The van der Waals surface area contributed by atoms with Crippen LogP contribution in [0.1, 0.15) is 43.8 Å². The molecule has 3 N–H and O–H groups in total. The number of aromatic amines is 1. The summed E-state index contributed by atoms with van der Waals surface area (Å²) in [5, 5.41) is 13.5. The van der Waals surface area contributed by atoms with E-state index in [1.54, 1.807) is 48.8 Å². The average Bonchev–Trinajstić information content (AvgIpc) is 3.63. The minimum absolute atomic E-state index is 0.128. The first kappa shape index (κ1) is 24.6. The van der Waals surface area contributed by atoms with Gasteiger partial charge in [0.1, 0.15) is 11.7 Å². The Bertz CT molecular complexity index is 1490. The summed E-state index contributed by atoms with van der Waals surface area (Å²) in [6, 6.07) is 6.47. The van der Waals surface area contributed by atoms with Crippen LogP contribution < -0.4 is 15.4 Å². The van der Waals surface area contributed by atoms with Crippen molar-refractivity contribution in [1.82, 2.24) is 25.0 Å². The molecule has 1 atom stereocenters. The largest absolute Gasteiger partial charge is 0.493 e. The van der Waals surface area contributed by atoms with Crippen LogP contribution in [-0.4, -0.2) is 57.1 Å². The molecule has 1 aromatic carbocycles. The number of rotatable bonds is 7. The van der Waals surface area contributed by atoms with Gasteiger partial charge in [-0.1, -0.05) is 6.92 Å². The fourth-order valence-corrected chi connectivity index (χ4v) is 5.58. The number of benzene rings is 1. The highest BCUT2D eigenvalue weighted by molar-refractivity contribution is 7.14. The Morgan fingerprint density at radius 1 is 1.22 bits per heavy atom. The SMILES string of the molecule is CC[C@@H](NC(=O)c1ccc2[nH]ncc2c1)C(=O)N1CCc2sc(C(=O)Nc3cn(C)cc3OC)cc2C1. The van der Waals surface area contributed by atoms with Crippen LogP contribution in [0.2, 0.25) is 0 Å². The zero-order valence-electron chi connectivity index (χ0n) is 20.8. The molecule has 3 amide bonds. The number of hydrogen-bond acceptors (Lipinski definition) is 6. The van der Waals surface area contributed by atoms with Gasteiger partial charge in [0.05, 0.1) is 23.7 Å². The molecule has 0 spiro atoms. The Balaban J connectivity index is 1.25. The van der Waals surface area contributed by atoms with Crippen molar-refractivity contribution in [2.24, 2.45) is 7.05 Å². The number of H-pyrrole nitrogens is 1. The Morgan fingerprint density at radius 3 is 2.84 bits per heavy atom. The molecule has 1 aliphatic heterocycles. The van der Waals surface area contributed by atoms with Gasteiger partial charge in [-0.25, -0.2) is 0 Å². The van der Waals surface area contributed by atoms with E-state index in [9.17, 15) is 14.4 Å². The molecule has 0 bridgehead atoms. The number of nitrogens with zero attached hydrogens (tertiary/aromatic N) is 3. The number of anilines is 1. The summed E-state index contributed by atoms with van der Waals surface area (Å²) in [4.78, 5) is 42.5. The van der Waals surface area contributed by atoms with Crippen LogP contribution >= 0.6 is 11.3 Å². The quantitative estimate of drug-likeness (QED) is 0.345. The summed E-state index contributed by atoms with van der Waals surface area (Å²) in [7, 11) is 3.42. The van der Waals surface area contributed by atoms with E-state index in [1.165, 1.54) is 11.3 Å². The van der Waals surface area contributed by atoms with Crippen LogP contribution in [0.3, 0.4) is 0 Å². The van der Waals surface area contributed by atoms with Crippen molar-refractivity contribution < 1.29 is 19.1 Å². The maximum Gasteiger partial charge on any atom is 0.265 e. The molecule has 10 nitrogen and oxygen atoms in total. The van der Waals surface area contributed by atoms with Gasteiger partial charge in [0.25, 0.3) is 11.8 Å². The summed E-state index contributed by atoms with van der Waals surface area (Å²) in [6.07, 6.45) is 6.37. The van der Waals surface area contributed by atoms with Gasteiger partial charge >= 0.3 is 0 Å². The van der Waals surface area contributed by atoms with Crippen molar-refractivity contribution in [1.29, 1.82) is 0 Å². The predicted octanol–water partition coefficient (Wildman–Crippen LogP) is 3.32. The van der Waals surface area contributed by atoms with Gasteiger partial charge in [0, 0.05) is 48.4 Å². The molecule has 0 saturated heterocycles. The van der Waals surface area contributed by atoms with Crippen molar-refractivity contribution in [3.05, 3.63) is 63.7 Å². The molecule has 0 unspecified atom stereocenters. The maximum absolute atomic E-state index is 13.3. The van der Waals surface area contributed by atoms with E-state index in [0.717, 1.165) is 21.3 Å². The number of thiophene rings is 1. The lowest BCUT2D eigenvalue weighted by molar-refractivity contribution is -0.134. The molecule has 0 aliphatic carbocycles. The zero-order chi connectivity index (χ0) is 26.1. The third-order valence-electron chi connectivity index (χ3n) is 6.50. The van der Waals surface area contributed by atoms with Gasteiger partial charge < -0.3 is 24.8 Å². The Kier molecular flexibility index (Phi) is 6.70. The Hall–Kier alpha value is -4.12. The summed E-state index contributed by atoms with van der Waals surface area (Å²) < 4.78 is 7.13. The number of hydrogen-bond donors (Lipinski definition) is 3. The number of nitrogens with one attached hydrogen (secondary N) is 3. The first-order valence-electron chi connectivity index (χ1n) is 12.0. The van der Waals surface area contributed by atoms with Gasteiger partial charge in [-0.15, -0.1) is 11.3 Å². The second-order valence-electron chi connectivity index (χ2n) is 9.04. The summed E-state index contributed by atoms with van der Waals surface area (Å²) in [5.41, 5.74) is 2.88. The number of ether oxygens (including phenoxy) is 1. The highest BCUT2D eigenvalue weighted by Crippen LogP contribution is 2.31. The monoisotopic (exact) mass is 520 g/mol. The minimum Gasteiger partial charge on any atom is -0.493 e. The van der Waals surface area contributed by atoms with Crippen LogP contribution in [0.4, 0.5) is 5.69 Å². The number of carbonyl (C=O) groups excluding carboxylic acids is 3. The fourth-order valence-electron chi connectivity index (χ4n) is 4.52. The highest BCUT2D eigenvalue weighted by atomic mass is 32.1. The molecule has 3 aromatic heterocycles. The lowest BCUT2D eigenvalue weighted by atomic mass is 10.1. The first-order chi connectivity index (χ1) is 17.9. The van der Waals surface area contributed by atoms with E-state index in [4.69, 9.17) is 4.74 Å². The molecule has 4 heterocycles. The molecule has 0 saturated carbocycles. The molecule has 4 aromatic rings. The standard InChI is InChI=1S/C26H28N6O4S/c1-4-18(28-24(33)15-5-6-19-16(9-15)11-27-30-19)26(35)32-8-7-22-17(12-32)10-23(37-22)25(34)29-20-13-31(2)14-21(20)36-3/h5-6,9-11,13-14,18H,4,7-8,12H2,1-3H3,(H,27,30)(H,28,33)(H,29,34)/t18-/m1/s1. The topological polar surface area (TPSA) is 121 Å². The summed E-state index contributed by atoms with van der Waals surface area (Å²) in [5.74, 6) is -0.0507. The van der Waals surface area contributed by atoms with Crippen LogP contribution in [0.5, 0.6) is 5.75 Å². The summed E-state index contributed by atoms with van der Waals surface area (Å²) in [6.45, 7) is 2.82. The zero-order valence-corrected chi connectivity index (χ0v) is 21.6. The van der Waals surface area contributed by atoms with E-state index in [0.29, 0.717) is 47.8 Å². The second-order valence-corrected chi connectivity index (χ2v) is 10.2. The molecule has 11 heteroatoms. The lowest BCUT2D eigenvalue weighted by Crippen LogP contribution is -2.49. The Labute approximate surface area is 217 Å². The van der Waals surface area contributed by atoms with Gasteiger partial charge in [-0.2, -0.15) is 5.10 Å². The van der Waals surface area contributed by atoms with E-state index < -0.39 is 6.04 Å². The van der Waals surface area contributed by atoms with Crippen LogP contribution in [0.25, 0.3) is 10.9 Å². The first-order valence-corrected chi connectivity index (χ1v) is 12.8. The number of amides is 3. The van der Waals surface area contributed by atoms with Crippen LogP contribution in [-0.2, 0) is 24.8 Å². The number of methoxy groups -OCH3 is 1. The third-order valence-corrected chi connectivity index (χ3v) is 7.74. The summed E-state index contributed by atoms with van der Waals surface area (Å²) >= 11 is 1.45. The minimum atomic E-state index is -0.638. The number of aromatic nitrogens is 3. The smallest absolute Gasteiger partial charge is 0.265 e. The molecule has 0 fully saturated rings. The van der Waals surface area contributed by atoms with Gasteiger partial charge in [-0.05, 0) is 42.7 Å². The molecule has 0 radical (unpaired) electrons. The van der Waals surface area contributed by atoms with Gasteiger partial charge in [-0.3, -0.25) is 19.5 Å². The number of aryl methyl sites for hydroxylation is 1. The molecule has 5 rings (SSSR count). The van der Waals surface area contributed by atoms with Crippen LogP contribution in [0.15, 0.2) is 42.9 Å². The van der Waals surface area contributed by atoms with Gasteiger partial charge in [0.2, 0.25) is 5.91 Å². The normalized spacial score (nSPS) is 13.8. The number of fused-ring (bicyclic) bond motifs is 2. The lowest BCUT2D eigenvalue weighted by Gasteiger charge is -2.30. The molecular formula is C26H28N6O4S. The maximum atomic E-state index is 13.3. The van der Waals surface area contributed by atoms with E-state index >= 15 is 0 Å². The molecule has 37 heavy (non-hydrogen) atoms.